The maximum Gasteiger partial charge on any atom is 0.195 e. The molecule has 1 aromatic rings. The Labute approximate surface area is 141 Å². The monoisotopic (exact) mass is 328 g/mol. The SMILES string of the molecule is COCC(=O)c1ccc(C(C)=CC=C(C)C(=O)COC=C=O)cc1. The number of hydrogen-bond acceptors (Lipinski definition) is 5. The fourth-order valence-corrected chi connectivity index (χ4v) is 1.84. The number of ketones is 2. The minimum atomic E-state index is -0.217. The van der Waals surface area contributed by atoms with Crippen molar-refractivity contribution in [2.24, 2.45) is 0 Å². The third kappa shape index (κ3) is 6.16. The van der Waals surface area contributed by atoms with E-state index < -0.39 is 0 Å². The van der Waals surface area contributed by atoms with E-state index in [1.54, 1.807) is 25.1 Å². The summed E-state index contributed by atoms with van der Waals surface area (Å²) in [4.78, 5) is 33.4. The largest absolute Gasteiger partial charge is 0.482 e. The molecule has 0 saturated heterocycles. The van der Waals surface area contributed by atoms with Crippen molar-refractivity contribution in [1.29, 1.82) is 0 Å². The van der Waals surface area contributed by atoms with Crippen molar-refractivity contribution in [3.8, 4) is 0 Å². The van der Waals surface area contributed by atoms with E-state index in [4.69, 9.17) is 9.47 Å². The van der Waals surface area contributed by atoms with Gasteiger partial charge in [0.1, 0.15) is 6.61 Å². The number of allylic oxidation sites excluding steroid dienone is 3. The molecule has 0 spiro atoms. The zero-order valence-electron chi connectivity index (χ0n) is 14.0. The maximum absolute atomic E-state index is 11.7. The average molecular weight is 328 g/mol. The van der Waals surface area contributed by atoms with E-state index >= 15 is 0 Å². The van der Waals surface area contributed by atoms with Gasteiger partial charge >= 0.3 is 0 Å². The second-order valence-corrected chi connectivity index (χ2v) is 5.10. The summed E-state index contributed by atoms with van der Waals surface area (Å²) in [5.41, 5.74) is 3.00. The van der Waals surface area contributed by atoms with Crippen molar-refractivity contribution < 1.29 is 23.9 Å². The Balaban J connectivity index is 2.77. The lowest BCUT2D eigenvalue weighted by Crippen LogP contribution is -2.07. The zero-order valence-corrected chi connectivity index (χ0v) is 14.0. The van der Waals surface area contributed by atoms with Crippen LogP contribution in [0.15, 0.2) is 48.3 Å². The van der Waals surface area contributed by atoms with Gasteiger partial charge in [-0.1, -0.05) is 36.4 Å². The number of methoxy groups -OCH3 is 1. The molecule has 0 unspecified atom stereocenters. The topological polar surface area (TPSA) is 69.7 Å². The van der Waals surface area contributed by atoms with Gasteiger partial charge in [-0.25, -0.2) is 4.79 Å². The van der Waals surface area contributed by atoms with Gasteiger partial charge in [0.15, 0.2) is 30.4 Å². The molecule has 1 aromatic carbocycles. The molecule has 0 saturated carbocycles. The summed E-state index contributed by atoms with van der Waals surface area (Å²) < 4.78 is 9.53. The summed E-state index contributed by atoms with van der Waals surface area (Å²) in [7, 11) is 1.48. The van der Waals surface area contributed by atoms with Gasteiger partial charge in [-0.15, -0.1) is 0 Å². The van der Waals surface area contributed by atoms with Gasteiger partial charge in [0.05, 0.1) is 0 Å². The molecule has 0 heterocycles. The maximum atomic E-state index is 11.7. The molecule has 0 bridgehead atoms. The molecule has 0 aliphatic rings. The van der Waals surface area contributed by atoms with E-state index in [1.807, 2.05) is 25.1 Å². The van der Waals surface area contributed by atoms with E-state index in [9.17, 15) is 14.4 Å². The van der Waals surface area contributed by atoms with Crippen molar-refractivity contribution in [2.45, 2.75) is 13.8 Å². The average Bonchev–Trinajstić information content (AvgIpc) is 2.59. The molecule has 0 aromatic heterocycles. The standard InChI is InChI=1S/C19H20O5/c1-14(4-5-15(2)18(21)13-24-11-10-20)16-6-8-17(9-7-16)19(22)12-23-3/h4-9,11H,12-13H2,1-3H3. The summed E-state index contributed by atoms with van der Waals surface area (Å²) in [5, 5.41) is 0. The normalized spacial score (nSPS) is 11.6. The van der Waals surface area contributed by atoms with Crippen molar-refractivity contribution >= 4 is 23.1 Å². The van der Waals surface area contributed by atoms with E-state index in [0.29, 0.717) is 11.1 Å². The first-order valence-corrected chi connectivity index (χ1v) is 7.31. The number of Topliss-reactive ketones (excluding diaryl/α,β-unsaturated/α-hetero) is 2. The van der Waals surface area contributed by atoms with Crippen LogP contribution in [0.25, 0.3) is 5.57 Å². The smallest absolute Gasteiger partial charge is 0.195 e. The lowest BCUT2D eigenvalue weighted by Gasteiger charge is -2.04. The Bertz CT molecular complexity index is 689. The predicted molar refractivity (Wildman–Crippen MR) is 91.3 cm³/mol. The molecule has 126 valence electrons. The van der Waals surface area contributed by atoms with Crippen LogP contribution < -0.4 is 0 Å². The molecule has 0 amide bonds. The van der Waals surface area contributed by atoms with Gasteiger partial charge in [0.25, 0.3) is 0 Å². The van der Waals surface area contributed by atoms with Crippen LogP contribution in [0.5, 0.6) is 0 Å². The number of hydrogen-bond donors (Lipinski definition) is 0. The quantitative estimate of drug-likeness (QED) is 0.229. The Morgan fingerprint density at radius 1 is 1.04 bits per heavy atom. The van der Waals surface area contributed by atoms with Gasteiger partial charge in [-0.3, -0.25) is 9.59 Å². The molecule has 0 aliphatic carbocycles. The minimum Gasteiger partial charge on any atom is -0.482 e. The number of benzene rings is 1. The number of carbonyl (C=O) groups is 2. The lowest BCUT2D eigenvalue weighted by atomic mass is 10.0. The van der Waals surface area contributed by atoms with Crippen LogP contribution in [0.2, 0.25) is 0 Å². The van der Waals surface area contributed by atoms with Crippen molar-refractivity contribution in [3.05, 3.63) is 59.4 Å². The molecule has 0 fully saturated rings. The van der Waals surface area contributed by atoms with E-state index in [0.717, 1.165) is 17.4 Å². The third-order valence-corrected chi connectivity index (χ3v) is 3.31. The zero-order chi connectivity index (χ0) is 17.9. The van der Waals surface area contributed by atoms with Crippen LogP contribution in [0.3, 0.4) is 0 Å². The molecule has 5 heteroatoms. The van der Waals surface area contributed by atoms with E-state index in [1.165, 1.54) is 13.1 Å². The Kier molecular flexibility index (Phi) is 8.13. The van der Waals surface area contributed by atoms with Gasteiger partial charge in [-0.2, -0.15) is 0 Å². The van der Waals surface area contributed by atoms with Gasteiger partial charge < -0.3 is 9.47 Å². The summed E-state index contributed by atoms with van der Waals surface area (Å²) in [6.07, 6.45) is 4.32. The third-order valence-electron chi connectivity index (χ3n) is 3.31. The predicted octanol–water partition coefficient (Wildman–Crippen LogP) is 2.80. The highest BCUT2D eigenvalue weighted by Crippen LogP contribution is 2.15. The van der Waals surface area contributed by atoms with Crippen molar-refractivity contribution in [3.63, 3.8) is 0 Å². The van der Waals surface area contributed by atoms with Gasteiger partial charge in [-0.05, 0) is 30.6 Å². The minimum absolute atomic E-state index is 0.0551. The van der Waals surface area contributed by atoms with Gasteiger partial charge in [0.2, 0.25) is 0 Å². The summed E-state index contributed by atoms with van der Waals surface area (Å²) >= 11 is 0. The fraction of sp³-hybridized carbons (Fsp3) is 0.263. The highest BCUT2D eigenvalue weighted by atomic mass is 16.5. The molecule has 5 nitrogen and oxygen atoms in total. The molecular weight excluding hydrogens is 308 g/mol. The van der Waals surface area contributed by atoms with Crippen LogP contribution in [0.4, 0.5) is 0 Å². The molecule has 0 N–H and O–H groups in total. The highest BCUT2D eigenvalue weighted by molar-refractivity contribution is 5.97. The van der Waals surface area contributed by atoms with Gasteiger partial charge in [0, 0.05) is 12.7 Å². The summed E-state index contributed by atoms with van der Waals surface area (Å²) in [5.74, 6) is 1.15. The van der Waals surface area contributed by atoms with Crippen molar-refractivity contribution in [1.82, 2.24) is 0 Å². The van der Waals surface area contributed by atoms with Crippen LogP contribution in [0.1, 0.15) is 29.8 Å². The molecule has 0 aliphatic heterocycles. The second kappa shape index (κ2) is 10.1. The van der Waals surface area contributed by atoms with Crippen molar-refractivity contribution in [2.75, 3.05) is 20.3 Å². The number of rotatable bonds is 9. The first-order chi connectivity index (χ1) is 11.5. The Morgan fingerprint density at radius 2 is 1.67 bits per heavy atom. The first-order valence-electron chi connectivity index (χ1n) is 7.31. The fourth-order valence-electron chi connectivity index (χ4n) is 1.84. The van der Waals surface area contributed by atoms with Crippen LogP contribution in [-0.4, -0.2) is 37.8 Å². The van der Waals surface area contributed by atoms with Crippen LogP contribution >= 0.6 is 0 Å². The first kappa shape index (κ1) is 19.3. The molecule has 24 heavy (non-hydrogen) atoms. The van der Waals surface area contributed by atoms with Crippen LogP contribution in [0, 0.1) is 0 Å². The molecule has 0 radical (unpaired) electrons. The van der Waals surface area contributed by atoms with E-state index in [-0.39, 0.29) is 24.8 Å². The molecule has 0 atom stereocenters. The number of carbonyl (C=O) groups excluding carboxylic acids is 3. The molecule has 1 rings (SSSR count). The summed E-state index contributed by atoms with van der Waals surface area (Å²) in [6.45, 7) is 3.44. The Morgan fingerprint density at radius 3 is 2.25 bits per heavy atom. The van der Waals surface area contributed by atoms with Crippen LogP contribution in [-0.2, 0) is 19.1 Å². The van der Waals surface area contributed by atoms with E-state index in [2.05, 4.69) is 0 Å². The molecular formula is C19H20O5. The summed E-state index contributed by atoms with van der Waals surface area (Å²) in [6, 6.07) is 7.18. The number of ether oxygens (including phenoxy) is 2. The Hall–Kier alpha value is -2.75. The lowest BCUT2D eigenvalue weighted by molar-refractivity contribution is -0.118. The second-order valence-electron chi connectivity index (χ2n) is 5.10. The highest BCUT2D eigenvalue weighted by Gasteiger charge is 2.06.